The normalized spacial score (nSPS) is 14.2. The number of rotatable bonds is 6. The number of fused-ring (bicyclic) bond motifs is 1. The van der Waals surface area contributed by atoms with Crippen molar-refractivity contribution in [1.29, 1.82) is 0 Å². The first-order chi connectivity index (χ1) is 9.20. The molecule has 1 heterocycles. The monoisotopic (exact) mass is 264 g/mol. The molecule has 1 aliphatic heterocycles. The van der Waals surface area contributed by atoms with Crippen LogP contribution in [0.4, 0.5) is 0 Å². The summed E-state index contributed by atoms with van der Waals surface area (Å²) in [6, 6.07) is 5.21. The maximum Gasteiger partial charge on any atom is 0.237 e. The Morgan fingerprint density at radius 2 is 2.21 bits per heavy atom. The van der Waals surface area contributed by atoms with Crippen LogP contribution in [0.1, 0.15) is 31.7 Å². The van der Waals surface area contributed by atoms with Gasteiger partial charge in [0.25, 0.3) is 0 Å². The van der Waals surface area contributed by atoms with Crippen LogP contribution in [0.3, 0.4) is 0 Å². The Kier molecular flexibility index (Phi) is 4.63. The van der Waals surface area contributed by atoms with Gasteiger partial charge in [-0.05, 0) is 24.1 Å². The molecule has 0 spiro atoms. The molecule has 5 nitrogen and oxygen atoms in total. The number of amides is 1. The molecule has 0 radical (unpaired) electrons. The second kappa shape index (κ2) is 6.43. The highest BCUT2D eigenvalue weighted by molar-refractivity contribution is 5.81. The molecule has 0 unspecified atom stereocenters. The topological polar surface area (TPSA) is 73.6 Å². The zero-order chi connectivity index (χ0) is 13.7. The molecule has 1 aliphatic rings. The van der Waals surface area contributed by atoms with Crippen molar-refractivity contribution in [1.82, 2.24) is 5.32 Å². The van der Waals surface area contributed by atoms with Crippen LogP contribution in [-0.2, 0) is 11.3 Å². The largest absolute Gasteiger partial charge is 0.454 e. The molecule has 19 heavy (non-hydrogen) atoms. The standard InChI is InChI=1S/C14H20N2O3/c1-2-3-4-11(15)14(17)16-8-10-5-6-12-13(7-10)19-9-18-12/h5-7,11H,2-4,8-9,15H2,1H3,(H,16,17)/t11-/m0/s1. The molecule has 0 saturated heterocycles. The summed E-state index contributed by atoms with van der Waals surface area (Å²) in [5.74, 6) is 1.36. The fourth-order valence-electron chi connectivity index (χ4n) is 1.93. The molecule has 0 fully saturated rings. The first kappa shape index (κ1) is 13.7. The molecule has 2 rings (SSSR count). The van der Waals surface area contributed by atoms with E-state index < -0.39 is 6.04 Å². The van der Waals surface area contributed by atoms with E-state index in [0.29, 0.717) is 6.54 Å². The first-order valence-corrected chi connectivity index (χ1v) is 6.62. The lowest BCUT2D eigenvalue weighted by Gasteiger charge is -2.12. The fraction of sp³-hybridized carbons (Fsp3) is 0.500. The molecule has 1 atom stereocenters. The van der Waals surface area contributed by atoms with E-state index in [1.165, 1.54) is 0 Å². The smallest absolute Gasteiger partial charge is 0.237 e. The number of hydrogen-bond donors (Lipinski definition) is 2. The van der Waals surface area contributed by atoms with Crippen molar-refractivity contribution in [3.8, 4) is 11.5 Å². The molecule has 1 aromatic rings. The summed E-state index contributed by atoms with van der Waals surface area (Å²) in [6.45, 7) is 2.79. The highest BCUT2D eigenvalue weighted by atomic mass is 16.7. The van der Waals surface area contributed by atoms with Crippen molar-refractivity contribution in [2.75, 3.05) is 6.79 Å². The number of hydrogen-bond acceptors (Lipinski definition) is 4. The van der Waals surface area contributed by atoms with Gasteiger partial charge in [0.1, 0.15) is 0 Å². The van der Waals surface area contributed by atoms with Gasteiger partial charge in [0.15, 0.2) is 11.5 Å². The third-order valence-corrected chi connectivity index (χ3v) is 3.11. The van der Waals surface area contributed by atoms with Crippen LogP contribution in [-0.4, -0.2) is 18.7 Å². The van der Waals surface area contributed by atoms with Gasteiger partial charge in [-0.1, -0.05) is 25.8 Å². The molecule has 3 N–H and O–H groups in total. The predicted molar refractivity (Wildman–Crippen MR) is 71.9 cm³/mol. The molecule has 1 amide bonds. The molecular weight excluding hydrogens is 244 g/mol. The van der Waals surface area contributed by atoms with E-state index in [0.717, 1.165) is 36.3 Å². The predicted octanol–water partition coefficient (Wildman–Crippen LogP) is 1.55. The molecule has 1 aromatic carbocycles. The third-order valence-electron chi connectivity index (χ3n) is 3.11. The Bertz CT molecular complexity index is 448. The number of nitrogens with one attached hydrogen (secondary N) is 1. The quantitative estimate of drug-likeness (QED) is 0.817. The Balaban J connectivity index is 1.83. The number of ether oxygens (including phenoxy) is 2. The Hall–Kier alpha value is -1.75. The zero-order valence-corrected chi connectivity index (χ0v) is 11.1. The van der Waals surface area contributed by atoms with Crippen LogP contribution in [0.2, 0.25) is 0 Å². The van der Waals surface area contributed by atoms with E-state index in [9.17, 15) is 4.79 Å². The van der Waals surface area contributed by atoms with Crippen molar-refractivity contribution in [3.05, 3.63) is 23.8 Å². The molecule has 0 bridgehead atoms. The van der Waals surface area contributed by atoms with Gasteiger partial charge in [-0.15, -0.1) is 0 Å². The number of benzene rings is 1. The number of carbonyl (C=O) groups excluding carboxylic acids is 1. The van der Waals surface area contributed by atoms with E-state index in [2.05, 4.69) is 12.2 Å². The number of carbonyl (C=O) groups is 1. The fourth-order valence-corrected chi connectivity index (χ4v) is 1.93. The molecule has 104 valence electrons. The maximum atomic E-state index is 11.8. The van der Waals surface area contributed by atoms with Crippen molar-refractivity contribution < 1.29 is 14.3 Å². The summed E-state index contributed by atoms with van der Waals surface area (Å²) in [4.78, 5) is 11.8. The summed E-state index contributed by atoms with van der Waals surface area (Å²) in [5, 5.41) is 2.84. The molecule has 0 aliphatic carbocycles. The van der Waals surface area contributed by atoms with Crippen molar-refractivity contribution in [2.24, 2.45) is 5.73 Å². The van der Waals surface area contributed by atoms with E-state index in [4.69, 9.17) is 15.2 Å². The van der Waals surface area contributed by atoms with Crippen LogP contribution >= 0.6 is 0 Å². The number of unbranched alkanes of at least 4 members (excludes halogenated alkanes) is 1. The summed E-state index contributed by atoms with van der Waals surface area (Å²) >= 11 is 0. The van der Waals surface area contributed by atoms with Crippen molar-refractivity contribution in [3.63, 3.8) is 0 Å². The van der Waals surface area contributed by atoms with Crippen LogP contribution in [0.15, 0.2) is 18.2 Å². The molecule has 5 heteroatoms. The van der Waals surface area contributed by atoms with Crippen LogP contribution in [0.5, 0.6) is 11.5 Å². The minimum atomic E-state index is -0.422. The molecule has 0 saturated carbocycles. The van der Waals surface area contributed by atoms with Crippen LogP contribution in [0.25, 0.3) is 0 Å². The third kappa shape index (κ3) is 3.61. The number of nitrogens with two attached hydrogens (primary N) is 1. The average Bonchev–Trinajstić information content (AvgIpc) is 2.89. The van der Waals surface area contributed by atoms with E-state index in [1.807, 2.05) is 18.2 Å². The molecule has 0 aromatic heterocycles. The van der Waals surface area contributed by atoms with Gasteiger partial charge in [-0.3, -0.25) is 4.79 Å². The van der Waals surface area contributed by atoms with Crippen molar-refractivity contribution >= 4 is 5.91 Å². The summed E-state index contributed by atoms with van der Waals surface area (Å²) in [6.07, 6.45) is 2.74. The van der Waals surface area contributed by atoms with Gasteiger partial charge in [-0.25, -0.2) is 0 Å². The average molecular weight is 264 g/mol. The van der Waals surface area contributed by atoms with Gasteiger partial charge in [-0.2, -0.15) is 0 Å². The summed E-state index contributed by atoms with van der Waals surface area (Å²) in [7, 11) is 0. The van der Waals surface area contributed by atoms with E-state index >= 15 is 0 Å². The van der Waals surface area contributed by atoms with Crippen LogP contribution < -0.4 is 20.5 Å². The van der Waals surface area contributed by atoms with Crippen LogP contribution in [0, 0.1) is 0 Å². The summed E-state index contributed by atoms with van der Waals surface area (Å²) in [5.41, 5.74) is 6.77. The second-order valence-corrected chi connectivity index (χ2v) is 4.65. The van der Waals surface area contributed by atoms with Crippen molar-refractivity contribution in [2.45, 2.75) is 38.8 Å². The van der Waals surface area contributed by atoms with Gasteiger partial charge >= 0.3 is 0 Å². The highest BCUT2D eigenvalue weighted by Gasteiger charge is 2.15. The first-order valence-electron chi connectivity index (χ1n) is 6.62. The zero-order valence-electron chi connectivity index (χ0n) is 11.1. The molecular formula is C14H20N2O3. The van der Waals surface area contributed by atoms with Gasteiger partial charge in [0.05, 0.1) is 6.04 Å². The maximum absolute atomic E-state index is 11.8. The Morgan fingerprint density at radius 1 is 1.42 bits per heavy atom. The van der Waals surface area contributed by atoms with E-state index in [-0.39, 0.29) is 12.7 Å². The minimum absolute atomic E-state index is 0.105. The lowest BCUT2D eigenvalue weighted by Crippen LogP contribution is -2.40. The summed E-state index contributed by atoms with van der Waals surface area (Å²) < 4.78 is 10.5. The van der Waals surface area contributed by atoms with Gasteiger partial charge in [0, 0.05) is 6.54 Å². The second-order valence-electron chi connectivity index (χ2n) is 4.65. The SMILES string of the molecule is CCCC[C@H](N)C(=O)NCc1ccc2c(c1)OCO2. The highest BCUT2D eigenvalue weighted by Crippen LogP contribution is 2.32. The lowest BCUT2D eigenvalue weighted by molar-refractivity contribution is -0.122. The van der Waals surface area contributed by atoms with E-state index in [1.54, 1.807) is 0 Å². The minimum Gasteiger partial charge on any atom is -0.454 e. The Morgan fingerprint density at radius 3 is 3.00 bits per heavy atom. The Labute approximate surface area is 113 Å². The van der Waals surface area contributed by atoms with Gasteiger partial charge in [0.2, 0.25) is 12.7 Å². The van der Waals surface area contributed by atoms with Gasteiger partial charge < -0.3 is 20.5 Å². The lowest BCUT2D eigenvalue weighted by atomic mass is 10.1.